The molecule has 0 saturated heterocycles. The van der Waals surface area contributed by atoms with Gasteiger partial charge in [0.15, 0.2) is 6.04 Å². The van der Waals surface area contributed by atoms with Gasteiger partial charge in [-0.2, -0.15) is 18.3 Å². The first-order chi connectivity index (χ1) is 14.4. The zero-order chi connectivity index (χ0) is 21.3. The molecule has 0 spiro atoms. The van der Waals surface area contributed by atoms with Crippen molar-refractivity contribution in [3.63, 3.8) is 0 Å². The van der Waals surface area contributed by atoms with E-state index in [1.54, 1.807) is 43.5 Å². The van der Waals surface area contributed by atoms with Gasteiger partial charge in [-0.15, -0.1) is 0 Å². The molecule has 1 aromatic carbocycles. The van der Waals surface area contributed by atoms with Crippen LogP contribution < -0.4 is 15.4 Å². The summed E-state index contributed by atoms with van der Waals surface area (Å²) in [4.78, 5) is 12.7. The van der Waals surface area contributed by atoms with Gasteiger partial charge in [-0.1, -0.05) is 12.1 Å². The van der Waals surface area contributed by atoms with Gasteiger partial charge in [-0.25, -0.2) is 4.68 Å². The van der Waals surface area contributed by atoms with E-state index in [-0.39, 0.29) is 24.3 Å². The van der Waals surface area contributed by atoms with Crippen LogP contribution in [-0.4, -0.2) is 29.0 Å². The highest BCUT2D eigenvalue weighted by molar-refractivity contribution is 5.98. The van der Waals surface area contributed by atoms with Crippen molar-refractivity contribution < 1.29 is 27.1 Å². The van der Waals surface area contributed by atoms with Crippen molar-refractivity contribution in [2.75, 3.05) is 12.4 Å². The van der Waals surface area contributed by atoms with Gasteiger partial charge in [0.2, 0.25) is 0 Å². The minimum Gasteiger partial charge on any atom is -0.497 e. The van der Waals surface area contributed by atoms with E-state index < -0.39 is 24.2 Å². The Morgan fingerprint density at radius 3 is 2.73 bits per heavy atom. The topological polar surface area (TPSA) is 81.3 Å². The van der Waals surface area contributed by atoms with Crippen LogP contribution in [0.5, 0.6) is 5.75 Å². The highest BCUT2D eigenvalue weighted by Crippen LogP contribution is 2.44. The van der Waals surface area contributed by atoms with Crippen molar-refractivity contribution >= 4 is 11.7 Å². The summed E-state index contributed by atoms with van der Waals surface area (Å²) in [6.07, 6.45) is -2.27. The van der Waals surface area contributed by atoms with Crippen LogP contribution in [0.2, 0.25) is 0 Å². The SMILES string of the molecule is COc1ccc(CNC(=O)c2cnn3c2N[C@H](c2ccco2)C[C@H]3C(F)(F)F)cc1. The van der Waals surface area contributed by atoms with Crippen LogP contribution >= 0.6 is 0 Å². The second-order valence-electron chi connectivity index (χ2n) is 6.89. The van der Waals surface area contributed by atoms with E-state index in [9.17, 15) is 18.0 Å². The van der Waals surface area contributed by atoms with Crippen LogP contribution in [0.4, 0.5) is 19.0 Å². The van der Waals surface area contributed by atoms with Gasteiger partial charge in [-0.05, 0) is 29.8 Å². The van der Waals surface area contributed by atoms with Crippen LogP contribution in [0.3, 0.4) is 0 Å². The number of carbonyl (C=O) groups is 1. The fourth-order valence-electron chi connectivity index (χ4n) is 3.43. The number of fused-ring (bicyclic) bond motifs is 1. The molecule has 0 unspecified atom stereocenters. The third kappa shape index (κ3) is 3.85. The van der Waals surface area contributed by atoms with Crippen LogP contribution in [0.1, 0.15) is 40.2 Å². The van der Waals surface area contributed by atoms with Crippen molar-refractivity contribution in [2.45, 2.75) is 31.2 Å². The lowest BCUT2D eigenvalue weighted by Crippen LogP contribution is -2.36. The number of anilines is 1. The van der Waals surface area contributed by atoms with Crippen molar-refractivity contribution in [1.82, 2.24) is 15.1 Å². The minimum absolute atomic E-state index is 0.0113. The molecule has 0 fully saturated rings. The maximum Gasteiger partial charge on any atom is 0.410 e. The standard InChI is InChI=1S/C20H19F3N4O3/c1-29-13-6-4-12(5-7-13)10-24-19(28)14-11-25-27-17(20(21,22)23)9-15(26-18(14)27)16-3-2-8-30-16/h2-8,11,15,17,26H,9-10H2,1H3,(H,24,28)/t15-,17-/m0/s1. The zero-order valence-corrected chi connectivity index (χ0v) is 15.9. The van der Waals surface area contributed by atoms with Gasteiger partial charge in [-0.3, -0.25) is 4.79 Å². The Morgan fingerprint density at radius 2 is 2.10 bits per heavy atom. The first-order valence-electron chi connectivity index (χ1n) is 9.22. The predicted molar refractivity (Wildman–Crippen MR) is 101 cm³/mol. The summed E-state index contributed by atoms with van der Waals surface area (Å²) in [6.45, 7) is 0.206. The summed E-state index contributed by atoms with van der Waals surface area (Å²) >= 11 is 0. The minimum atomic E-state index is -4.52. The maximum atomic E-state index is 13.6. The monoisotopic (exact) mass is 420 g/mol. The van der Waals surface area contributed by atoms with Gasteiger partial charge >= 0.3 is 6.18 Å². The normalized spacial score (nSPS) is 18.4. The summed E-state index contributed by atoms with van der Waals surface area (Å²) < 4.78 is 52.1. The average Bonchev–Trinajstić information content (AvgIpc) is 3.41. The van der Waals surface area contributed by atoms with Gasteiger partial charge in [0.25, 0.3) is 5.91 Å². The molecule has 3 heterocycles. The van der Waals surface area contributed by atoms with Gasteiger partial charge in [0, 0.05) is 13.0 Å². The van der Waals surface area contributed by atoms with Crippen LogP contribution in [0, 0.1) is 0 Å². The van der Waals surface area contributed by atoms with Gasteiger partial charge in [0.1, 0.15) is 22.9 Å². The number of aromatic nitrogens is 2. The summed E-state index contributed by atoms with van der Waals surface area (Å²) in [6, 6.07) is 7.69. The fraction of sp³-hybridized carbons (Fsp3) is 0.300. The number of benzene rings is 1. The fourth-order valence-corrected chi connectivity index (χ4v) is 3.43. The van der Waals surface area contributed by atoms with Crippen LogP contribution in [0.25, 0.3) is 0 Å². The molecule has 0 radical (unpaired) electrons. The van der Waals surface area contributed by atoms with Crippen molar-refractivity contribution in [1.29, 1.82) is 0 Å². The van der Waals surface area contributed by atoms with E-state index in [0.717, 1.165) is 16.4 Å². The number of hydrogen-bond donors (Lipinski definition) is 2. The van der Waals surface area contributed by atoms with Crippen molar-refractivity contribution in [3.8, 4) is 5.75 Å². The quantitative estimate of drug-likeness (QED) is 0.650. The molecular weight excluding hydrogens is 401 g/mol. The van der Waals surface area contributed by atoms with Crippen LogP contribution in [-0.2, 0) is 6.54 Å². The highest BCUT2D eigenvalue weighted by atomic mass is 19.4. The summed E-state index contributed by atoms with van der Waals surface area (Å²) in [5.41, 5.74) is 0.855. The maximum absolute atomic E-state index is 13.6. The molecule has 1 aliphatic rings. The first-order valence-corrected chi connectivity index (χ1v) is 9.22. The van der Waals surface area contributed by atoms with E-state index in [1.165, 1.54) is 6.26 Å². The van der Waals surface area contributed by atoms with E-state index >= 15 is 0 Å². The summed E-state index contributed by atoms with van der Waals surface area (Å²) in [5, 5.41) is 9.53. The molecule has 4 rings (SSSR count). The third-order valence-corrected chi connectivity index (χ3v) is 4.98. The Labute approximate surface area is 169 Å². The van der Waals surface area contributed by atoms with E-state index in [1.807, 2.05) is 0 Å². The number of ether oxygens (including phenoxy) is 1. The van der Waals surface area contributed by atoms with Crippen LogP contribution in [0.15, 0.2) is 53.3 Å². The lowest BCUT2D eigenvalue weighted by molar-refractivity contribution is -0.174. The number of amides is 1. The second-order valence-corrected chi connectivity index (χ2v) is 6.89. The molecule has 1 amide bonds. The number of nitrogens with one attached hydrogen (secondary N) is 2. The number of rotatable bonds is 5. The molecule has 158 valence electrons. The number of alkyl halides is 3. The molecule has 1 aliphatic heterocycles. The lowest BCUT2D eigenvalue weighted by atomic mass is 10.0. The third-order valence-electron chi connectivity index (χ3n) is 4.98. The Kier molecular flexibility index (Phi) is 5.15. The number of carbonyl (C=O) groups excluding carboxylic acids is 1. The molecule has 0 aliphatic carbocycles. The van der Waals surface area contributed by atoms with Crippen molar-refractivity contribution in [3.05, 3.63) is 65.7 Å². The van der Waals surface area contributed by atoms with Gasteiger partial charge in [0.05, 0.1) is 25.6 Å². The van der Waals surface area contributed by atoms with E-state index in [0.29, 0.717) is 11.5 Å². The lowest BCUT2D eigenvalue weighted by Gasteiger charge is -2.32. The molecule has 7 nitrogen and oxygen atoms in total. The molecule has 2 atom stereocenters. The largest absolute Gasteiger partial charge is 0.497 e. The Balaban J connectivity index is 1.56. The molecule has 3 aromatic rings. The molecule has 0 bridgehead atoms. The number of nitrogens with zero attached hydrogens (tertiary/aromatic N) is 2. The summed E-state index contributed by atoms with van der Waals surface area (Å²) in [7, 11) is 1.55. The molecule has 10 heteroatoms. The number of methoxy groups -OCH3 is 1. The van der Waals surface area contributed by atoms with Gasteiger partial charge < -0.3 is 19.8 Å². The predicted octanol–water partition coefficient (Wildman–Crippen LogP) is 4.08. The van der Waals surface area contributed by atoms with Crippen molar-refractivity contribution in [2.24, 2.45) is 0 Å². The van der Waals surface area contributed by atoms with E-state index in [2.05, 4.69) is 15.7 Å². The number of hydrogen-bond acceptors (Lipinski definition) is 5. The molecule has 2 N–H and O–H groups in total. The zero-order valence-electron chi connectivity index (χ0n) is 15.9. The highest BCUT2D eigenvalue weighted by Gasteiger charge is 2.47. The Morgan fingerprint density at radius 1 is 1.33 bits per heavy atom. The molecule has 30 heavy (non-hydrogen) atoms. The summed E-state index contributed by atoms with van der Waals surface area (Å²) in [5.74, 6) is 0.529. The number of furan rings is 1. The number of halogens is 3. The Bertz CT molecular complexity index is 1010. The van der Waals surface area contributed by atoms with E-state index in [4.69, 9.17) is 9.15 Å². The average molecular weight is 420 g/mol. The molecule has 0 saturated carbocycles. The smallest absolute Gasteiger partial charge is 0.410 e. The second kappa shape index (κ2) is 7.77. The molecule has 2 aromatic heterocycles. The molecular formula is C20H19F3N4O3. The first kappa shape index (κ1) is 19.9. The Hall–Kier alpha value is -3.43.